The first kappa shape index (κ1) is 17.8. The molecule has 0 spiro atoms. The topological polar surface area (TPSA) is 35.6 Å². The lowest BCUT2D eigenvalue weighted by molar-refractivity contribution is 0.208. The second-order valence-corrected chi connectivity index (χ2v) is 6.47. The van der Waals surface area contributed by atoms with Crippen molar-refractivity contribution in [2.45, 2.75) is 0 Å². The van der Waals surface area contributed by atoms with E-state index in [2.05, 4.69) is 5.32 Å². The van der Waals surface area contributed by atoms with E-state index in [1.165, 1.54) is 12.1 Å². The Morgan fingerprint density at radius 1 is 1.00 bits per heavy atom. The summed E-state index contributed by atoms with van der Waals surface area (Å²) in [4.78, 5) is 15.7. The van der Waals surface area contributed by atoms with Gasteiger partial charge in [-0.25, -0.2) is 13.6 Å². The summed E-state index contributed by atoms with van der Waals surface area (Å²) >= 11 is 11.9. The summed E-state index contributed by atoms with van der Waals surface area (Å²) in [7, 11) is 0. The van der Waals surface area contributed by atoms with E-state index in [1.54, 1.807) is 28.0 Å². The van der Waals surface area contributed by atoms with E-state index >= 15 is 0 Å². The van der Waals surface area contributed by atoms with Gasteiger partial charge in [0, 0.05) is 37.3 Å². The van der Waals surface area contributed by atoms with Gasteiger partial charge in [0.15, 0.2) is 0 Å². The molecular formula is C17H15Cl2F2N3O. The van der Waals surface area contributed by atoms with E-state index in [1.807, 2.05) is 0 Å². The van der Waals surface area contributed by atoms with Crippen LogP contribution < -0.4 is 10.2 Å². The number of carbonyl (C=O) groups is 1. The fourth-order valence-electron chi connectivity index (χ4n) is 2.67. The molecule has 1 fully saturated rings. The Balaban J connectivity index is 1.60. The molecule has 3 rings (SSSR count). The number of benzene rings is 2. The second kappa shape index (κ2) is 7.45. The van der Waals surface area contributed by atoms with Gasteiger partial charge in [0.1, 0.15) is 11.6 Å². The molecule has 0 radical (unpaired) electrons. The predicted octanol–water partition coefficient (Wildman–Crippen LogP) is 4.63. The zero-order valence-corrected chi connectivity index (χ0v) is 14.6. The lowest BCUT2D eigenvalue weighted by atomic mass is 10.2. The van der Waals surface area contributed by atoms with Gasteiger partial charge in [-0.1, -0.05) is 23.2 Å². The monoisotopic (exact) mass is 385 g/mol. The zero-order chi connectivity index (χ0) is 18.0. The Morgan fingerprint density at radius 3 is 2.36 bits per heavy atom. The van der Waals surface area contributed by atoms with Crippen LogP contribution in [0.1, 0.15) is 0 Å². The maximum atomic E-state index is 13.9. The fourth-order valence-corrected chi connectivity index (χ4v) is 3.13. The Hall–Kier alpha value is -2.05. The van der Waals surface area contributed by atoms with Crippen LogP contribution in [0, 0.1) is 11.6 Å². The summed E-state index contributed by atoms with van der Waals surface area (Å²) in [5.41, 5.74) is 0.810. The van der Waals surface area contributed by atoms with E-state index in [0.717, 1.165) is 6.07 Å². The summed E-state index contributed by atoms with van der Waals surface area (Å²) in [5.74, 6) is -1.22. The highest BCUT2D eigenvalue weighted by atomic mass is 35.5. The number of piperazine rings is 1. The van der Waals surface area contributed by atoms with Crippen molar-refractivity contribution in [2.75, 3.05) is 36.4 Å². The molecule has 0 unspecified atom stereocenters. The van der Waals surface area contributed by atoms with Gasteiger partial charge in [-0.3, -0.25) is 0 Å². The van der Waals surface area contributed by atoms with Crippen molar-refractivity contribution in [3.05, 3.63) is 58.1 Å². The molecule has 2 aromatic rings. The quantitative estimate of drug-likeness (QED) is 0.817. The van der Waals surface area contributed by atoms with Gasteiger partial charge in [-0.2, -0.15) is 0 Å². The highest BCUT2D eigenvalue weighted by Crippen LogP contribution is 2.26. The minimum atomic E-state index is -0.612. The van der Waals surface area contributed by atoms with Gasteiger partial charge in [-0.15, -0.1) is 0 Å². The third kappa shape index (κ3) is 4.14. The van der Waals surface area contributed by atoms with Gasteiger partial charge in [0.05, 0.1) is 16.4 Å². The largest absolute Gasteiger partial charge is 0.366 e. The number of hydrogen-bond acceptors (Lipinski definition) is 2. The number of halogens is 4. The van der Waals surface area contributed by atoms with Crippen molar-refractivity contribution >= 4 is 40.6 Å². The molecule has 25 heavy (non-hydrogen) atoms. The molecule has 2 amide bonds. The standard InChI is InChI=1S/C17H15Cl2F2N3O/c18-11-1-3-15(13(19)9-11)22-17(25)24-7-5-23(6-8-24)16-4-2-12(20)10-14(16)21/h1-4,9-10H,5-8H2,(H,22,25). The number of amides is 2. The number of hydrogen-bond donors (Lipinski definition) is 1. The van der Waals surface area contributed by atoms with Crippen molar-refractivity contribution in [1.82, 2.24) is 4.90 Å². The maximum absolute atomic E-state index is 13.9. The molecule has 0 aliphatic carbocycles. The molecule has 0 aromatic heterocycles. The van der Waals surface area contributed by atoms with E-state index in [-0.39, 0.29) is 6.03 Å². The summed E-state index contributed by atoms with van der Waals surface area (Å²) in [6, 6.07) is 8.02. The first-order chi connectivity index (χ1) is 11.9. The highest BCUT2D eigenvalue weighted by molar-refractivity contribution is 6.36. The van der Waals surface area contributed by atoms with E-state index < -0.39 is 11.6 Å². The number of nitrogens with zero attached hydrogens (tertiary/aromatic N) is 2. The van der Waals surface area contributed by atoms with Gasteiger partial charge < -0.3 is 15.1 Å². The lowest BCUT2D eigenvalue weighted by Gasteiger charge is -2.36. The number of anilines is 2. The number of urea groups is 1. The SMILES string of the molecule is O=C(Nc1ccc(Cl)cc1Cl)N1CCN(c2ccc(F)cc2F)CC1. The van der Waals surface area contributed by atoms with Crippen molar-refractivity contribution in [1.29, 1.82) is 0 Å². The lowest BCUT2D eigenvalue weighted by Crippen LogP contribution is -2.50. The molecule has 1 heterocycles. The summed E-state index contributed by atoms with van der Waals surface area (Å²) in [5, 5.41) is 3.57. The minimum absolute atomic E-state index is 0.288. The van der Waals surface area contributed by atoms with Crippen molar-refractivity contribution in [3.63, 3.8) is 0 Å². The van der Waals surface area contributed by atoms with E-state index in [4.69, 9.17) is 23.2 Å². The van der Waals surface area contributed by atoms with E-state index in [0.29, 0.717) is 47.6 Å². The Labute approximate surface area is 153 Å². The Bertz CT molecular complexity index is 795. The predicted molar refractivity (Wildman–Crippen MR) is 95.6 cm³/mol. The molecule has 0 atom stereocenters. The molecule has 1 aliphatic rings. The van der Waals surface area contributed by atoms with Crippen LogP contribution in [-0.2, 0) is 0 Å². The molecule has 0 bridgehead atoms. The zero-order valence-electron chi connectivity index (χ0n) is 13.1. The van der Waals surface area contributed by atoms with Crippen molar-refractivity contribution in [2.24, 2.45) is 0 Å². The second-order valence-electron chi connectivity index (χ2n) is 5.62. The smallest absolute Gasteiger partial charge is 0.322 e. The van der Waals surface area contributed by atoms with Crippen LogP contribution in [0.2, 0.25) is 10.0 Å². The Morgan fingerprint density at radius 2 is 1.72 bits per heavy atom. The van der Waals surface area contributed by atoms with Crippen LogP contribution in [0.5, 0.6) is 0 Å². The molecule has 4 nitrogen and oxygen atoms in total. The molecule has 2 aromatic carbocycles. The first-order valence-corrected chi connectivity index (χ1v) is 8.40. The number of rotatable bonds is 2. The summed E-state index contributed by atoms with van der Waals surface area (Å²) in [6.07, 6.45) is 0. The van der Waals surface area contributed by atoms with Gasteiger partial charge >= 0.3 is 6.03 Å². The van der Waals surface area contributed by atoms with Crippen LogP contribution in [0.4, 0.5) is 25.0 Å². The average molecular weight is 386 g/mol. The highest BCUT2D eigenvalue weighted by Gasteiger charge is 2.23. The van der Waals surface area contributed by atoms with Crippen LogP contribution in [-0.4, -0.2) is 37.1 Å². The summed E-state index contributed by atoms with van der Waals surface area (Å²) < 4.78 is 26.9. The van der Waals surface area contributed by atoms with Crippen molar-refractivity contribution in [3.8, 4) is 0 Å². The molecule has 1 saturated heterocycles. The van der Waals surface area contributed by atoms with Gasteiger partial charge in [0.2, 0.25) is 0 Å². The minimum Gasteiger partial charge on any atom is -0.366 e. The fraction of sp³-hybridized carbons (Fsp3) is 0.235. The Kier molecular flexibility index (Phi) is 5.30. The molecule has 1 N–H and O–H groups in total. The number of nitrogens with one attached hydrogen (secondary N) is 1. The van der Waals surface area contributed by atoms with Gasteiger partial charge in [0.25, 0.3) is 0 Å². The normalized spacial score (nSPS) is 14.6. The molecule has 8 heteroatoms. The van der Waals surface area contributed by atoms with Crippen LogP contribution in [0.25, 0.3) is 0 Å². The van der Waals surface area contributed by atoms with Crippen LogP contribution in [0.3, 0.4) is 0 Å². The molecule has 0 saturated carbocycles. The molecule has 132 valence electrons. The average Bonchev–Trinajstić information content (AvgIpc) is 2.57. The maximum Gasteiger partial charge on any atom is 0.322 e. The van der Waals surface area contributed by atoms with Gasteiger partial charge in [-0.05, 0) is 30.3 Å². The third-order valence-electron chi connectivity index (χ3n) is 3.99. The third-order valence-corrected chi connectivity index (χ3v) is 4.54. The van der Waals surface area contributed by atoms with Crippen LogP contribution in [0.15, 0.2) is 36.4 Å². The number of carbonyl (C=O) groups excluding carboxylic acids is 1. The molecule has 1 aliphatic heterocycles. The van der Waals surface area contributed by atoms with Crippen molar-refractivity contribution < 1.29 is 13.6 Å². The van der Waals surface area contributed by atoms with Crippen LogP contribution >= 0.6 is 23.2 Å². The van der Waals surface area contributed by atoms with E-state index in [9.17, 15) is 13.6 Å². The summed E-state index contributed by atoms with van der Waals surface area (Å²) in [6.45, 7) is 1.72. The first-order valence-electron chi connectivity index (χ1n) is 7.65. The molecular weight excluding hydrogens is 371 g/mol.